The lowest BCUT2D eigenvalue weighted by Crippen LogP contribution is -2.24. The molecule has 4 nitrogen and oxygen atoms in total. The molecule has 0 aliphatic rings. The summed E-state index contributed by atoms with van der Waals surface area (Å²) in [5.74, 6) is 0.607. The van der Waals surface area contributed by atoms with E-state index in [0.29, 0.717) is 24.5 Å². The molecule has 4 heteroatoms. The third-order valence-electron chi connectivity index (χ3n) is 2.22. The lowest BCUT2D eigenvalue weighted by molar-refractivity contribution is -0.116. The van der Waals surface area contributed by atoms with E-state index in [2.05, 4.69) is 5.32 Å². The van der Waals surface area contributed by atoms with Crippen LogP contribution in [0, 0.1) is 6.92 Å². The third kappa shape index (κ3) is 4.44. The number of anilines is 1. The smallest absolute Gasteiger partial charge is 0.226 e. The zero-order chi connectivity index (χ0) is 12.8. The first-order chi connectivity index (χ1) is 8.02. The van der Waals surface area contributed by atoms with E-state index in [1.54, 1.807) is 6.92 Å². The molecule has 0 saturated carbocycles. The summed E-state index contributed by atoms with van der Waals surface area (Å²) in [6.07, 6.45) is 0.305. The van der Waals surface area contributed by atoms with Gasteiger partial charge in [-0.2, -0.15) is 0 Å². The molecular formula is C13H20N2O2. The van der Waals surface area contributed by atoms with Gasteiger partial charge >= 0.3 is 0 Å². The Balaban J connectivity index is 2.79. The fraction of sp³-hybridized carbons (Fsp3) is 0.462. The highest BCUT2D eigenvalue weighted by Gasteiger charge is 2.09. The van der Waals surface area contributed by atoms with Crippen LogP contribution in [-0.2, 0) is 4.79 Å². The highest BCUT2D eigenvalue weighted by atomic mass is 16.5. The van der Waals surface area contributed by atoms with Gasteiger partial charge in [-0.3, -0.25) is 4.79 Å². The molecule has 0 aliphatic heterocycles. The quantitative estimate of drug-likeness (QED) is 0.822. The minimum Gasteiger partial charge on any atom is -0.492 e. The minimum absolute atomic E-state index is 0.0928. The maximum Gasteiger partial charge on any atom is 0.226 e. The molecule has 1 rings (SSSR count). The number of amides is 1. The Kier molecular flexibility index (Phi) is 4.97. The summed E-state index contributed by atoms with van der Waals surface area (Å²) in [6, 6.07) is 5.55. The van der Waals surface area contributed by atoms with E-state index < -0.39 is 0 Å². The van der Waals surface area contributed by atoms with Crippen LogP contribution in [0.1, 0.15) is 25.8 Å². The molecule has 0 fully saturated rings. The van der Waals surface area contributed by atoms with E-state index in [9.17, 15) is 4.79 Å². The first kappa shape index (κ1) is 13.5. The molecule has 0 aromatic heterocycles. The van der Waals surface area contributed by atoms with Gasteiger partial charge < -0.3 is 15.8 Å². The SMILES string of the molecule is CCOc1cc(C)ccc1NC(=O)CC(C)N. The molecule has 0 radical (unpaired) electrons. The number of rotatable bonds is 5. The van der Waals surface area contributed by atoms with Crippen molar-refractivity contribution in [1.82, 2.24) is 0 Å². The number of nitrogens with two attached hydrogens (primary N) is 1. The van der Waals surface area contributed by atoms with Gasteiger partial charge in [0.25, 0.3) is 0 Å². The Morgan fingerprint density at radius 2 is 2.24 bits per heavy atom. The summed E-state index contributed by atoms with van der Waals surface area (Å²) in [6.45, 7) is 6.27. The highest BCUT2D eigenvalue weighted by molar-refractivity contribution is 5.92. The van der Waals surface area contributed by atoms with E-state index in [1.165, 1.54) is 0 Å². The van der Waals surface area contributed by atoms with Gasteiger partial charge in [-0.05, 0) is 38.5 Å². The van der Waals surface area contributed by atoms with Crippen LogP contribution in [0.25, 0.3) is 0 Å². The van der Waals surface area contributed by atoms with Crippen LogP contribution < -0.4 is 15.8 Å². The fourth-order valence-electron chi connectivity index (χ4n) is 1.50. The Labute approximate surface area is 102 Å². The van der Waals surface area contributed by atoms with Gasteiger partial charge in [0.1, 0.15) is 5.75 Å². The van der Waals surface area contributed by atoms with E-state index in [4.69, 9.17) is 10.5 Å². The number of carbonyl (C=O) groups excluding carboxylic acids is 1. The van der Waals surface area contributed by atoms with Crippen molar-refractivity contribution in [2.75, 3.05) is 11.9 Å². The third-order valence-corrected chi connectivity index (χ3v) is 2.22. The number of aryl methyl sites for hydroxylation is 1. The average molecular weight is 236 g/mol. The highest BCUT2D eigenvalue weighted by Crippen LogP contribution is 2.25. The standard InChI is InChI=1S/C13H20N2O2/c1-4-17-12-7-9(2)5-6-11(12)15-13(16)8-10(3)14/h5-7,10H,4,8,14H2,1-3H3,(H,15,16). The van der Waals surface area contributed by atoms with Gasteiger partial charge in [-0.25, -0.2) is 0 Å². The molecule has 1 aromatic rings. The zero-order valence-electron chi connectivity index (χ0n) is 10.6. The summed E-state index contributed by atoms with van der Waals surface area (Å²) in [5, 5.41) is 2.81. The molecule has 0 heterocycles. The van der Waals surface area contributed by atoms with Crippen LogP contribution in [0.5, 0.6) is 5.75 Å². The van der Waals surface area contributed by atoms with Crippen molar-refractivity contribution in [2.24, 2.45) is 5.73 Å². The molecule has 17 heavy (non-hydrogen) atoms. The van der Waals surface area contributed by atoms with Crippen LogP contribution >= 0.6 is 0 Å². The molecule has 0 bridgehead atoms. The minimum atomic E-state index is -0.143. The Morgan fingerprint density at radius 3 is 2.82 bits per heavy atom. The van der Waals surface area contributed by atoms with Crippen molar-refractivity contribution < 1.29 is 9.53 Å². The largest absolute Gasteiger partial charge is 0.492 e. The number of nitrogens with one attached hydrogen (secondary N) is 1. The van der Waals surface area contributed by atoms with Crippen LogP contribution in [0.3, 0.4) is 0 Å². The zero-order valence-corrected chi connectivity index (χ0v) is 10.6. The lowest BCUT2D eigenvalue weighted by atomic mass is 10.2. The van der Waals surface area contributed by atoms with E-state index in [0.717, 1.165) is 5.56 Å². The van der Waals surface area contributed by atoms with Gasteiger partial charge in [0.05, 0.1) is 12.3 Å². The number of ether oxygens (including phenoxy) is 1. The van der Waals surface area contributed by atoms with Gasteiger partial charge in [0.15, 0.2) is 0 Å². The van der Waals surface area contributed by atoms with Gasteiger partial charge in [-0.1, -0.05) is 6.07 Å². The van der Waals surface area contributed by atoms with Crippen molar-refractivity contribution in [3.8, 4) is 5.75 Å². The number of carbonyl (C=O) groups is 1. The second-order valence-electron chi connectivity index (χ2n) is 4.16. The summed E-state index contributed by atoms with van der Waals surface area (Å²) in [7, 11) is 0. The van der Waals surface area contributed by atoms with E-state index in [-0.39, 0.29) is 11.9 Å². The number of benzene rings is 1. The monoisotopic (exact) mass is 236 g/mol. The van der Waals surface area contributed by atoms with Crippen LogP contribution in [0.2, 0.25) is 0 Å². The van der Waals surface area contributed by atoms with Crippen molar-refractivity contribution in [2.45, 2.75) is 33.2 Å². The Morgan fingerprint density at radius 1 is 1.53 bits per heavy atom. The molecule has 0 saturated heterocycles. The molecule has 3 N–H and O–H groups in total. The van der Waals surface area contributed by atoms with Crippen LogP contribution in [0.15, 0.2) is 18.2 Å². The first-order valence-electron chi connectivity index (χ1n) is 5.81. The maximum absolute atomic E-state index is 11.6. The average Bonchev–Trinajstić information content (AvgIpc) is 2.21. The van der Waals surface area contributed by atoms with Crippen molar-refractivity contribution in [3.63, 3.8) is 0 Å². The summed E-state index contributed by atoms with van der Waals surface area (Å²) in [4.78, 5) is 11.6. The second kappa shape index (κ2) is 6.25. The van der Waals surface area contributed by atoms with Gasteiger partial charge in [0.2, 0.25) is 5.91 Å². The maximum atomic E-state index is 11.6. The molecule has 1 amide bonds. The van der Waals surface area contributed by atoms with Crippen molar-refractivity contribution in [1.29, 1.82) is 0 Å². The summed E-state index contributed by atoms with van der Waals surface area (Å²) < 4.78 is 5.48. The predicted octanol–water partition coefficient (Wildman–Crippen LogP) is 2.07. The number of hydrogen-bond acceptors (Lipinski definition) is 3. The Hall–Kier alpha value is -1.55. The predicted molar refractivity (Wildman–Crippen MR) is 69.2 cm³/mol. The topological polar surface area (TPSA) is 64.3 Å². The second-order valence-corrected chi connectivity index (χ2v) is 4.16. The van der Waals surface area contributed by atoms with E-state index in [1.807, 2.05) is 32.0 Å². The fourth-order valence-corrected chi connectivity index (χ4v) is 1.50. The summed E-state index contributed by atoms with van der Waals surface area (Å²) in [5.41, 5.74) is 7.37. The molecular weight excluding hydrogens is 216 g/mol. The molecule has 1 atom stereocenters. The van der Waals surface area contributed by atoms with Gasteiger partial charge in [-0.15, -0.1) is 0 Å². The van der Waals surface area contributed by atoms with Crippen LogP contribution in [0.4, 0.5) is 5.69 Å². The van der Waals surface area contributed by atoms with E-state index >= 15 is 0 Å². The van der Waals surface area contributed by atoms with Crippen LogP contribution in [-0.4, -0.2) is 18.6 Å². The van der Waals surface area contributed by atoms with Gasteiger partial charge in [0, 0.05) is 12.5 Å². The molecule has 1 unspecified atom stereocenters. The Bertz CT molecular complexity index is 389. The number of hydrogen-bond donors (Lipinski definition) is 2. The lowest BCUT2D eigenvalue weighted by Gasteiger charge is -2.13. The van der Waals surface area contributed by atoms with Crippen molar-refractivity contribution in [3.05, 3.63) is 23.8 Å². The molecule has 0 aliphatic carbocycles. The molecule has 0 spiro atoms. The first-order valence-corrected chi connectivity index (χ1v) is 5.81. The molecule has 1 aromatic carbocycles. The summed E-state index contributed by atoms with van der Waals surface area (Å²) >= 11 is 0. The normalized spacial score (nSPS) is 12.0. The van der Waals surface area contributed by atoms with Crippen molar-refractivity contribution >= 4 is 11.6 Å². The molecule has 94 valence electrons.